The molecular weight excluding hydrogens is 442 g/mol. The highest BCUT2D eigenvalue weighted by Crippen LogP contribution is 2.33. The van der Waals surface area contributed by atoms with Crippen molar-refractivity contribution in [1.82, 2.24) is 24.9 Å². The Morgan fingerprint density at radius 1 is 0.361 bits per heavy atom. The smallest absolute Gasteiger partial charge is 0.162 e. The first kappa shape index (κ1) is 21.5. The van der Waals surface area contributed by atoms with E-state index >= 15 is 0 Å². The second kappa shape index (κ2) is 9.68. The van der Waals surface area contributed by atoms with E-state index in [4.69, 9.17) is 0 Å². The first-order chi connectivity index (χ1) is 17.8. The number of rotatable bonds is 5. The summed E-state index contributed by atoms with van der Waals surface area (Å²) in [6, 6.07) is 31.6. The number of nitrogens with zero attached hydrogens (tertiary/aromatic N) is 5. The van der Waals surface area contributed by atoms with Gasteiger partial charge in [-0.25, -0.2) is 15.0 Å². The molecule has 0 bridgehead atoms. The first-order valence-corrected chi connectivity index (χ1v) is 11.6. The van der Waals surface area contributed by atoms with Crippen LogP contribution in [-0.2, 0) is 0 Å². The molecule has 0 saturated carbocycles. The molecule has 170 valence electrons. The third-order valence-electron chi connectivity index (χ3n) is 6.11. The first-order valence-electron chi connectivity index (χ1n) is 11.6. The molecule has 0 unspecified atom stereocenters. The lowest BCUT2D eigenvalue weighted by Crippen LogP contribution is -1.91. The van der Waals surface area contributed by atoms with Crippen LogP contribution in [0.1, 0.15) is 0 Å². The van der Waals surface area contributed by atoms with Crippen LogP contribution in [0.5, 0.6) is 0 Å². The molecule has 0 radical (unpaired) electrons. The summed E-state index contributed by atoms with van der Waals surface area (Å²) in [5, 5.41) is 0. The third-order valence-corrected chi connectivity index (χ3v) is 6.11. The third kappa shape index (κ3) is 4.50. The molecule has 0 saturated heterocycles. The molecule has 3 heterocycles. The molecule has 6 aromatic rings. The largest absolute Gasteiger partial charge is 0.264 e. The summed E-state index contributed by atoms with van der Waals surface area (Å²) >= 11 is 0. The molecule has 6 rings (SSSR count). The fraction of sp³-hybridized carbons (Fsp3) is 0. The maximum Gasteiger partial charge on any atom is 0.162 e. The SMILES string of the molecule is c1cncc(-c2ccc(-c3cc(-c4ccc(-c5cccnc5)cc4)cc(-c4ncncn4)c3)cc2)c1. The Balaban J connectivity index is 1.41. The minimum absolute atomic E-state index is 0.645. The standard InChI is InChI=1S/C31H21N5/c1-3-26(18-32-13-1)22-5-9-24(10-6-22)28-15-29(17-30(16-28)31-35-20-34-21-36-31)25-11-7-23(8-12-25)27-4-2-14-33-19-27/h1-21H. The van der Waals surface area contributed by atoms with E-state index in [9.17, 15) is 0 Å². The van der Waals surface area contributed by atoms with Gasteiger partial charge in [-0.15, -0.1) is 0 Å². The molecule has 0 amide bonds. The summed E-state index contributed by atoms with van der Waals surface area (Å²) in [6.07, 6.45) is 10.4. The van der Waals surface area contributed by atoms with Crippen LogP contribution in [-0.4, -0.2) is 24.9 Å². The van der Waals surface area contributed by atoms with E-state index in [1.165, 1.54) is 12.7 Å². The van der Waals surface area contributed by atoms with E-state index in [0.717, 1.165) is 50.1 Å². The van der Waals surface area contributed by atoms with Gasteiger partial charge >= 0.3 is 0 Å². The summed E-state index contributed by atoms with van der Waals surface area (Å²) in [7, 11) is 0. The van der Waals surface area contributed by atoms with Gasteiger partial charge < -0.3 is 0 Å². The molecule has 3 aromatic heterocycles. The van der Waals surface area contributed by atoms with Gasteiger partial charge in [0.05, 0.1) is 0 Å². The molecule has 3 aromatic carbocycles. The van der Waals surface area contributed by atoms with Crippen molar-refractivity contribution in [3.8, 4) is 55.9 Å². The lowest BCUT2D eigenvalue weighted by molar-refractivity contribution is 1.06. The minimum Gasteiger partial charge on any atom is -0.264 e. The zero-order valence-corrected chi connectivity index (χ0v) is 19.4. The normalized spacial score (nSPS) is 10.8. The predicted molar refractivity (Wildman–Crippen MR) is 143 cm³/mol. The van der Waals surface area contributed by atoms with Crippen molar-refractivity contribution in [3.63, 3.8) is 0 Å². The lowest BCUT2D eigenvalue weighted by Gasteiger charge is -2.11. The average Bonchev–Trinajstić information content (AvgIpc) is 2.98. The van der Waals surface area contributed by atoms with Gasteiger partial charge in [-0.1, -0.05) is 60.7 Å². The summed E-state index contributed by atoms with van der Waals surface area (Å²) < 4.78 is 0. The van der Waals surface area contributed by atoms with Crippen LogP contribution in [0.15, 0.2) is 128 Å². The van der Waals surface area contributed by atoms with Gasteiger partial charge in [-0.05, 0) is 74.8 Å². The van der Waals surface area contributed by atoms with E-state index in [0.29, 0.717) is 5.82 Å². The van der Waals surface area contributed by atoms with Gasteiger partial charge in [0, 0.05) is 30.4 Å². The average molecular weight is 464 g/mol. The fourth-order valence-corrected chi connectivity index (χ4v) is 4.26. The number of aromatic nitrogens is 5. The fourth-order valence-electron chi connectivity index (χ4n) is 4.26. The minimum atomic E-state index is 0.645. The Kier molecular flexibility index (Phi) is 5.78. The molecule has 5 heteroatoms. The summed E-state index contributed by atoms with van der Waals surface area (Å²) in [5.41, 5.74) is 9.82. The highest BCUT2D eigenvalue weighted by atomic mass is 15.0. The van der Waals surface area contributed by atoms with E-state index < -0.39 is 0 Å². The Labute approximate surface area is 209 Å². The number of pyridine rings is 2. The molecule has 0 aliphatic carbocycles. The lowest BCUT2D eigenvalue weighted by atomic mass is 9.94. The molecule has 0 fully saturated rings. The van der Waals surface area contributed by atoms with Crippen molar-refractivity contribution < 1.29 is 0 Å². The van der Waals surface area contributed by atoms with Crippen LogP contribution in [0.3, 0.4) is 0 Å². The van der Waals surface area contributed by atoms with Crippen molar-refractivity contribution in [2.75, 3.05) is 0 Å². The predicted octanol–water partition coefficient (Wildman–Crippen LogP) is 7.00. The van der Waals surface area contributed by atoms with E-state index in [2.05, 4.69) is 104 Å². The molecule has 0 aliphatic rings. The van der Waals surface area contributed by atoms with E-state index in [1.807, 2.05) is 24.5 Å². The second-order valence-electron chi connectivity index (χ2n) is 8.40. The molecule has 5 nitrogen and oxygen atoms in total. The Morgan fingerprint density at radius 2 is 0.778 bits per heavy atom. The van der Waals surface area contributed by atoms with Crippen LogP contribution in [0.4, 0.5) is 0 Å². The number of benzene rings is 3. The van der Waals surface area contributed by atoms with Crippen LogP contribution >= 0.6 is 0 Å². The molecule has 0 spiro atoms. The number of hydrogen-bond donors (Lipinski definition) is 0. The van der Waals surface area contributed by atoms with Crippen LogP contribution in [0, 0.1) is 0 Å². The summed E-state index contributed by atoms with van der Waals surface area (Å²) in [6.45, 7) is 0. The Morgan fingerprint density at radius 3 is 1.19 bits per heavy atom. The summed E-state index contributed by atoms with van der Waals surface area (Å²) in [5.74, 6) is 0.645. The summed E-state index contributed by atoms with van der Waals surface area (Å²) in [4.78, 5) is 21.2. The molecule has 0 atom stereocenters. The maximum atomic E-state index is 4.39. The molecule has 0 aliphatic heterocycles. The molecule has 36 heavy (non-hydrogen) atoms. The molecular formula is C31H21N5. The second-order valence-corrected chi connectivity index (χ2v) is 8.40. The van der Waals surface area contributed by atoms with Crippen molar-refractivity contribution in [1.29, 1.82) is 0 Å². The van der Waals surface area contributed by atoms with E-state index in [1.54, 1.807) is 12.4 Å². The van der Waals surface area contributed by atoms with Crippen molar-refractivity contribution in [3.05, 3.63) is 128 Å². The zero-order valence-electron chi connectivity index (χ0n) is 19.4. The quantitative estimate of drug-likeness (QED) is 0.275. The number of hydrogen-bond acceptors (Lipinski definition) is 5. The van der Waals surface area contributed by atoms with Gasteiger partial charge in [0.25, 0.3) is 0 Å². The van der Waals surface area contributed by atoms with Gasteiger partial charge in [-0.2, -0.15) is 0 Å². The van der Waals surface area contributed by atoms with Crippen molar-refractivity contribution in [2.45, 2.75) is 0 Å². The molecule has 0 N–H and O–H groups in total. The van der Waals surface area contributed by atoms with Gasteiger partial charge in [0.2, 0.25) is 0 Å². The Bertz CT molecular complexity index is 1480. The highest BCUT2D eigenvalue weighted by molar-refractivity contribution is 5.81. The van der Waals surface area contributed by atoms with Crippen LogP contribution in [0.2, 0.25) is 0 Å². The monoisotopic (exact) mass is 463 g/mol. The van der Waals surface area contributed by atoms with Crippen molar-refractivity contribution in [2.24, 2.45) is 0 Å². The van der Waals surface area contributed by atoms with E-state index in [-0.39, 0.29) is 0 Å². The Hall–Kier alpha value is -5.03. The highest BCUT2D eigenvalue weighted by Gasteiger charge is 2.10. The van der Waals surface area contributed by atoms with Crippen LogP contribution in [0.25, 0.3) is 55.9 Å². The van der Waals surface area contributed by atoms with Crippen molar-refractivity contribution >= 4 is 0 Å². The maximum absolute atomic E-state index is 4.39. The van der Waals surface area contributed by atoms with Gasteiger partial charge in [0.15, 0.2) is 5.82 Å². The zero-order chi connectivity index (χ0) is 24.2. The van der Waals surface area contributed by atoms with Gasteiger partial charge in [-0.3, -0.25) is 9.97 Å². The van der Waals surface area contributed by atoms with Crippen LogP contribution < -0.4 is 0 Å². The topological polar surface area (TPSA) is 64.5 Å². The van der Waals surface area contributed by atoms with Gasteiger partial charge in [0.1, 0.15) is 12.7 Å².